The summed E-state index contributed by atoms with van der Waals surface area (Å²) in [6, 6.07) is 2.00. The molecular weight excluding hydrogens is 170 g/mol. The Bertz CT molecular complexity index is 149. The first-order valence-corrected chi connectivity index (χ1v) is 5.13. The molecule has 0 aliphatic carbocycles. The number of fused-ring (bicyclic) bond motifs is 1. The van der Waals surface area contributed by atoms with Crippen LogP contribution in [0.4, 0.5) is 0 Å². The van der Waals surface area contributed by atoms with Gasteiger partial charge < -0.3 is 17.3 Å². The Morgan fingerprint density at radius 1 is 1.08 bits per heavy atom. The van der Waals surface area contributed by atoms with Gasteiger partial charge in [-0.25, -0.2) is 0 Å². The lowest BCUT2D eigenvalue weighted by Crippen LogP contribution is -3.17. The lowest BCUT2D eigenvalue weighted by Gasteiger charge is -2.32. The lowest BCUT2D eigenvalue weighted by molar-refractivity contribution is -0.940. The van der Waals surface area contributed by atoms with Crippen LogP contribution in [0.3, 0.4) is 0 Å². The quantitative estimate of drug-likeness (QED) is 0.444. The molecule has 2 fully saturated rings. The van der Waals surface area contributed by atoms with Crippen molar-refractivity contribution in [3.63, 3.8) is 0 Å². The van der Waals surface area contributed by atoms with E-state index in [4.69, 9.17) is 0 Å². The molecule has 72 valence electrons. The molecule has 2 rings (SSSR count). The maximum absolute atomic E-state index is 2.42. The van der Waals surface area contributed by atoms with Crippen LogP contribution in [0.1, 0.15) is 39.5 Å². The zero-order valence-electron chi connectivity index (χ0n) is 8.15. The van der Waals surface area contributed by atoms with Crippen molar-refractivity contribution < 1.29 is 17.3 Å². The van der Waals surface area contributed by atoms with Crippen molar-refractivity contribution in [2.75, 3.05) is 6.54 Å². The fourth-order valence-electron chi connectivity index (χ4n) is 2.96. The van der Waals surface area contributed by atoms with Gasteiger partial charge in [0.05, 0.1) is 18.6 Å². The van der Waals surface area contributed by atoms with Crippen molar-refractivity contribution in [2.45, 2.75) is 51.6 Å². The molecule has 0 radical (unpaired) electrons. The third kappa shape index (κ3) is 1.77. The summed E-state index contributed by atoms with van der Waals surface area (Å²) in [5.41, 5.74) is 0. The van der Waals surface area contributed by atoms with Crippen LogP contribution in [0, 0.1) is 5.92 Å². The minimum absolute atomic E-state index is 0. The van der Waals surface area contributed by atoms with Crippen LogP contribution < -0.4 is 17.3 Å². The highest BCUT2D eigenvalue weighted by Crippen LogP contribution is 2.20. The molecule has 0 aromatic rings. The number of rotatable bonds is 0. The van der Waals surface area contributed by atoms with Crippen LogP contribution in [0.5, 0.6) is 0 Å². The minimum Gasteiger partial charge on any atom is -1.00 e. The van der Waals surface area contributed by atoms with Gasteiger partial charge in [0.1, 0.15) is 0 Å². The van der Waals surface area contributed by atoms with Gasteiger partial charge >= 0.3 is 0 Å². The fourth-order valence-corrected chi connectivity index (χ4v) is 2.96. The first kappa shape index (κ1) is 10.3. The molecule has 12 heavy (non-hydrogen) atoms. The van der Waals surface area contributed by atoms with Gasteiger partial charge in [-0.1, -0.05) is 6.92 Å². The van der Waals surface area contributed by atoms with Gasteiger partial charge in [-0.15, -0.1) is 0 Å². The second kappa shape index (κ2) is 3.97. The number of hydrogen-bond acceptors (Lipinski definition) is 0. The molecule has 2 heterocycles. The number of halogens is 1. The van der Waals surface area contributed by atoms with Crippen LogP contribution >= 0.6 is 0 Å². The minimum atomic E-state index is 0. The van der Waals surface area contributed by atoms with E-state index in [9.17, 15) is 0 Å². The number of piperidine rings is 1. The van der Waals surface area contributed by atoms with E-state index in [1.807, 2.05) is 4.90 Å². The number of hydrogen-bond donors (Lipinski definition) is 1. The Labute approximate surface area is 81.9 Å². The number of nitrogens with one attached hydrogen (secondary N) is 1. The summed E-state index contributed by atoms with van der Waals surface area (Å²) in [6.45, 7) is 6.29. The third-order valence-corrected chi connectivity index (χ3v) is 3.72. The molecule has 4 atom stereocenters. The second-order valence-corrected chi connectivity index (χ2v) is 4.63. The number of quaternary nitrogens is 1. The van der Waals surface area contributed by atoms with E-state index < -0.39 is 0 Å². The topological polar surface area (TPSA) is 4.44 Å². The average Bonchev–Trinajstić information content (AvgIpc) is 2.32. The predicted molar refractivity (Wildman–Crippen MR) is 46.7 cm³/mol. The summed E-state index contributed by atoms with van der Waals surface area (Å²) in [5.74, 6) is 1.01. The van der Waals surface area contributed by atoms with Gasteiger partial charge in [-0.3, -0.25) is 0 Å². The van der Waals surface area contributed by atoms with Gasteiger partial charge in [-0.05, 0) is 19.3 Å². The van der Waals surface area contributed by atoms with Gasteiger partial charge in [0.25, 0.3) is 0 Å². The second-order valence-electron chi connectivity index (χ2n) is 4.63. The van der Waals surface area contributed by atoms with E-state index >= 15 is 0 Å². The van der Waals surface area contributed by atoms with Crippen LogP contribution in [-0.2, 0) is 0 Å². The van der Waals surface area contributed by atoms with E-state index in [2.05, 4.69) is 13.8 Å². The van der Waals surface area contributed by atoms with Crippen LogP contribution in [0.25, 0.3) is 0 Å². The zero-order chi connectivity index (χ0) is 7.84. The molecule has 0 amide bonds. The van der Waals surface area contributed by atoms with E-state index in [0.29, 0.717) is 0 Å². The summed E-state index contributed by atoms with van der Waals surface area (Å²) in [7, 11) is 0. The third-order valence-electron chi connectivity index (χ3n) is 3.72. The average molecular weight is 190 g/mol. The molecule has 2 aliphatic heterocycles. The Balaban J connectivity index is 0.000000720. The molecule has 1 N–H and O–H groups in total. The lowest BCUT2D eigenvalue weighted by atomic mass is 9.93. The molecule has 2 saturated heterocycles. The summed E-state index contributed by atoms with van der Waals surface area (Å²) >= 11 is 0. The van der Waals surface area contributed by atoms with Crippen molar-refractivity contribution in [3.05, 3.63) is 0 Å². The summed E-state index contributed by atoms with van der Waals surface area (Å²) in [5, 5.41) is 0. The summed E-state index contributed by atoms with van der Waals surface area (Å²) < 4.78 is 0. The first-order valence-electron chi connectivity index (χ1n) is 5.13. The molecule has 0 bridgehead atoms. The fraction of sp³-hybridized carbons (Fsp3) is 1.00. The molecule has 1 nitrogen and oxygen atoms in total. The van der Waals surface area contributed by atoms with Crippen molar-refractivity contribution in [2.24, 2.45) is 5.92 Å². The van der Waals surface area contributed by atoms with Gasteiger partial charge in [0.15, 0.2) is 0 Å². The largest absolute Gasteiger partial charge is 1.00 e. The molecule has 0 spiro atoms. The van der Waals surface area contributed by atoms with Crippen molar-refractivity contribution >= 4 is 0 Å². The summed E-state index contributed by atoms with van der Waals surface area (Å²) in [4.78, 5) is 1.92. The van der Waals surface area contributed by atoms with Crippen LogP contribution in [0.2, 0.25) is 0 Å². The van der Waals surface area contributed by atoms with Crippen LogP contribution in [0.15, 0.2) is 0 Å². The zero-order valence-corrected chi connectivity index (χ0v) is 8.90. The molecule has 1 unspecified atom stereocenters. The molecule has 0 saturated carbocycles. The van der Waals surface area contributed by atoms with E-state index in [-0.39, 0.29) is 12.4 Å². The molecule has 2 heteroatoms. The smallest absolute Gasteiger partial charge is 0.0881 e. The van der Waals surface area contributed by atoms with Crippen LogP contribution in [-0.4, -0.2) is 18.6 Å². The van der Waals surface area contributed by atoms with E-state index in [1.165, 1.54) is 32.2 Å². The monoisotopic (exact) mass is 189 g/mol. The van der Waals surface area contributed by atoms with E-state index in [1.54, 1.807) is 0 Å². The normalized spacial score (nSPS) is 46.5. The molecule has 0 aromatic heterocycles. The maximum atomic E-state index is 2.42. The Morgan fingerprint density at radius 2 is 1.83 bits per heavy atom. The van der Waals surface area contributed by atoms with Crippen molar-refractivity contribution in [1.82, 2.24) is 0 Å². The van der Waals surface area contributed by atoms with Gasteiger partial charge in [0.2, 0.25) is 0 Å². The van der Waals surface area contributed by atoms with Gasteiger partial charge in [-0.2, -0.15) is 0 Å². The molecule has 0 aromatic carbocycles. The SMILES string of the molecule is C[C@@H]1CC[NH+]2[C@H](CC[C@@H]2C)C1.[Cl-]. The first-order chi connectivity index (χ1) is 5.27. The van der Waals surface area contributed by atoms with Gasteiger partial charge in [0, 0.05) is 19.3 Å². The summed E-state index contributed by atoms with van der Waals surface area (Å²) in [6.07, 6.45) is 5.95. The standard InChI is InChI=1S/C10H19N.ClH/c1-8-5-6-11-9(2)3-4-10(11)7-8;/h8-10H,3-7H2,1-2H3;1H/t8-,9+,10-;/m1./s1. The Morgan fingerprint density at radius 3 is 2.58 bits per heavy atom. The molecular formula is C10H20ClN. The van der Waals surface area contributed by atoms with Crippen molar-refractivity contribution in [3.8, 4) is 0 Å². The highest BCUT2D eigenvalue weighted by molar-refractivity contribution is 4.74. The van der Waals surface area contributed by atoms with Crippen molar-refractivity contribution in [1.29, 1.82) is 0 Å². The predicted octanol–water partition coefficient (Wildman–Crippen LogP) is -2.14. The molecule has 2 aliphatic rings. The Hall–Kier alpha value is 0.250. The Kier molecular flexibility index (Phi) is 3.42. The van der Waals surface area contributed by atoms with E-state index in [0.717, 1.165) is 18.0 Å². The maximum Gasteiger partial charge on any atom is 0.0881 e. The highest BCUT2D eigenvalue weighted by atomic mass is 35.5. The highest BCUT2D eigenvalue weighted by Gasteiger charge is 2.38.